The third kappa shape index (κ3) is 5.51. The first kappa shape index (κ1) is 30.2. The summed E-state index contributed by atoms with van der Waals surface area (Å²) in [6.45, 7) is 0. The van der Waals surface area contributed by atoms with Gasteiger partial charge in [0.05, 0.1) is 5.69 Å². The number of benzene rings is 8. The third-order valence-electron chi connectivity index (χ3n) is 9.62. The molecular weight excluding hydrogens is 623 g/mol. The minimum absolute atomic E-state index is 0.240. The molecule has 8 aromatic carbocycles. The zero-order chi connectivity index (χ0) is 34.1. The maximum atomic E-state index is 12.1. The highest BCUT2D eigenvalue weighted by molar-refractivity contribution is 6.09. The topological polar surface area (TPSA) is 36.6 Å². The quantitative estimate of drug-likeness (QED) is 0.186. The van der Waals surface area contributed by atoms with Gasteiger partial charge in [-0.3, -0.25) is 0 Å². The van der Waals surface area contributed by atoms with Crippen molar-refractivity contribution >= 4 is 39.0 Å². The van der Waals surface area contributed by atoms with Crippen LogP contribution in [0, 0.1) is 0 Å². The zero-order valence-corrected chi connectivity index (χ0v) is 27.8. The van der Waals surface area contributed by atoms with Crippen LogP contribution in [-0.4, -0.2) is 5.11 Å². The predicted octanol–water partition coefficient (Wildman–Crippen LogP) is 13.4. The van der Waals surface area contributed by atoms with Crippen LogP contribution in [0.1, 0.15) is 0 Å². The molecule has 0 saturated heterocycles. The monoisotopic (exact) mass is 655 g/mol. The number of rotatable bonds is 7. The van der Waals surface area contributed by atoms with Crippen LogP contribution in [0.3, 0.4) is 0 Å². The van der Waals surface area contributed by atoms with Gasteiger partial charge in [-0.15, -0.1) is 0 Å². The molecule has 0 saturated carbocycles. The van der Waals surface area contributed by atoms with Crippen molar-refractivity contribution in [3.63, 3.8) is 0 Å². The number of anilines is 3. The van der Waals surface area contributed by atoms with Crippen LogP contribution < -0.4 is 4.90 Å². The van der Waals surface area contributed by atoms with Crippen LogP contribution in [0.25, 0.3) is 66.4 Å². The highest BCUT2D eigenvalue weighted by Gasteiger charge is 2.23. The van der Waals surface area contributed by atoms with E-state index in [1.165, 1.54) is 0 Å². The molecule has 3 heteroatoms. The molecule has 51 heavy (non-hydrogen) atoms. The Morgan fingerprint density at radius 3 is 1.55 bits per heavy atom. The van der Waals surface area contributed by atoms with E-state index in [-0.39, 0.29) is 5.75 Å². The molecule has 1 N–H and O–H groups in total. The Bertz CT molecular complexity index is 2610. The summed E-state index contributed by atoms with van der Waals surface area (Å²) in [6, 6.07) is 66.5. The summed E-state index contributed by atoms with van der Waals surface area (Å²) in [4.78, 5) is 2.23. The Labute approximate surface area is 296 Å². The number of hydrogen-bond acceptors (Lipinski definition) is 3. The second-order valence-electron chi connectivity index (χ2n) is 12.7. The van der Waals surface area contributed by atoms with Crippen molar-refractivity contribution in [1.82, 2.24) is 0 Å². The Morgan fingerprint density at radius 1 is 0.373 bits per heavy atom. The van der Waals surface area contributed by atoms with E-state index < -0.39 is 0 Å². The highest BCUT2D eigenvalue weighted by Crippen LogP contribution is 2.49. The van der Waals surface area contributed by atoms with Crippen LogP contribution in [0.2, 0.25) is 0 Å². The fourth-order valence-corrected chi connectivity index (χ4v) is 7.13. The van der Waals surface area contributed by atoms with Crippen LogP contribution in [0.15, 0.2) is 199 Å². The van der Waals surface area contributed by atoms with E-state index in [0.29, 0.717) is 0 Å². The molecule has 0 spiro atoms. The van der Waals surface area contributed by atoms with E-state index in [1.54, 1.807) is 0 Å². The Morgan fingerprint density at radius 2 is 0.882 bits per heavy atom. The number of phenolic OH excluding ortho intramolecular Hbond substituents is 1. The van der Waals surface area contributed by atoms with Gasteiger partial charge in [0.25, 0.3) is 0 Å². The molecule has 0 amide bonds. The second kappa shape index (κ2) is 12.9. The molecule has 9 aromatic rings. The highest BCUT2D eigenvalue weighted by atomic mass is 16.3. The van der Waals surface area contributed by atoms with Gasteiger partial charge in [-0.25, -0.2) is 0 Å². The minimum atomic E-state index is 0.240. The molecule has 9 rings (SSSR count). The standard InChI is InChI=1S/C48H33NO2/c50-47-40(35-15-6-2-7-16-35)31-32-44(46(47)37-17-8-3-9-18-37)49(38-27-23-34(24-28-38)33-13-4-1-5-14-33)39-29-25-36(26-30-39)41-20-12-21-43-42-19-10-11-22-45(42)51-48(41)43/h1-32,50H. The van der Waals surface area contributed by atoms with E-state index in [0.717, 1.165) is 83.5 Å². The first-order valence-corrected chi connectivity index (χ1v) is 17.2. The summed E-state index contributed by atoms with van der Waals surface area (Å²) in [5.41, 5.74) is 12.4. The number of para-hydroxylation sites is 2. The van der Waals surface area contributed by atoms with E-state index in [2.05, 4.69) is 120 Å². The molecule has 0 radical (unpaired) electrons. The summed E-state index contributed by atoms with van der Waals surface area (Å²) in [7, 11) is 0. The Balaban J connectivity index is 1.22. The molecule has 0 fully saturated rings. The summed E-state index contributed by atoms with van der Waals surface area (Å²) >= 11 is 0. The van der Waals surface area contributed by atoms with Crippen molar-refractivity contribution in [1.29, 1.82) is 0 Å². The van der Waals surface area contributed by atoms with Crippen molar-refractivity contribution in [2.75, 3.05) is 4.90 Å². The third-order valence-corrected chi connectivity index (χ3v) is 9.62. The van der Waals surface area contributed by atoms with E-state index in [9.17, 15) is 5.11 Å². The number of fused-ring (bicyclic) bond motifs is 3. The molecule has 1 aromatic heterocycles. The van der Waals surface area contributed by atoms with Crippen LogP contribution in [0.5, 0.6) is 5.75 Å². The molecule has 0 atom stereocenters. The summed E-state index contributed by atoms with van der Waals surface area (Å²) in [5, 5.41) is 14.3. The lowest BCUT2D eigenvalue weighted by atomic mass is 9.94. The van der Waals surface area contributed by atoms with Gasteiger partial charge in [-0.1, -0.05) is 152 Å². The molecule has 0 aliphatic heterocycles. The first-order valence-electron chi connectivity index (χ1n) is 17.2. The normalized spacial score (nSPS) is 11.2. The average Bonchev–Trinajstić information content (AvgIpc) is 3.59. The second-order valence-corrected chi connectivity index (χ2v) is 12.7. The van der Waals surface area contributed by atoms with Crippen LogP contribution >= 0.6 is 0 Å². The van der Waals surface area contributed by atoms with Crippen molar-refractivity contribution < 1.29 is 9.52 Å². The molecule has 0 aliphatic rings. The largest absolute Gasteiger partial charge is 0.507 e. The summed E-state index contributed by atoms with van der Waals surface area (Å²) in [6.07, 6.45) is 0. The molecule has 0 unspecified atom stereocenters. The number of hydrogen-bond donors (Lipinski definition) is 1. The van der Waals surface area contributed by atoms with Gasteiger partial charge in [0.2, 0.25) is 0 Å². The summed E-state index contributed by atoms with van der Waals surface area (Å²) < 4.78 is 6.39. The Hall–Kier alpha value is -6.84. The van der Waals surface area contributed by atoms with Gasteiger partial charge in [0.1, 0.15) is 16.9 Å². The SMILES string of the molecule is Oc1c(-c2ccccc2)ccc(N(c2ccc(-c3ccccc3)cc2)c2ccc(-c3cccc4c3oc3ccccc34)cc2)c1-c1ccccc1. The lowest BCUT2D eigenvalue weighted by Gasteiger charge is -2.29. The van der Waals surface area contributed by atoms with Gasteiger partial charge < -0.3 is 14.4 Å². The van der Waals surface area contributed by atoms with Crippen LogP contribution in [0.4, 0.5) is 17.1 Å². The fraction of sp³-hybridized carbons (Fsp3) is 0. The number of nitrogens with zero attached hydrogens (tertiary/aromatic N) is 1. The predicted molar refractivity (Wildman–Crippen MR) is 212 cm³/mol. The molecular formula is C48H33NO2. The van der Waals surface area contributed by atoms with E-state index in [1.807, 2.05) is 78.9 Å². The number of aromatic hydroxyl groups is 1. The lowest BCUT2D eigenvalue weighted by molar-refractivity contribution is 0.479. The fourth-order valence-electron chi connectivity index (χ4n) is 7.13. The summed E-state index contributed by atoms with van der Waals surface area (Å²) in [5.74, 6) is 0.240. The molecule has 3 nitrogen and oxygen atoms in total. The van der Waals surface area contributed by atoms with Gasteiger partial charge in [0.15, 0.2) is 0 Å². The lowest BCUT2D eigenvalue weighted by Crippen LogP contribution is -2.11. The van der Waals surface area contributed by atoms with Gasteiger partial charge in [-0.2, -0.15) is 0 Å². The minimum Gasteiger partial charge on any atom is -0.507 e. The van der Waals surface area contributed by atoms with Crippen molar-refractivity contribution in [2.24, 2.45) is 0 Å². The van der Waals surface area contributed by atoms with Crippen LogP contribution in [-0.2, 0) is 0 Å². The maximum absolute atomic E-state index is 12.1. The smallest absolute Gasteiger partial charge is 0.143 e. The van der Waals surface area contributed by atoms with Crippen molar-refractivity contribution in [3.8, 4) is 50.3 Å². The Kier molecular flexibility index (Phi) is 7.64. The van der Waals surface area contributed by atoms with Gasteiger partial charge in [0, 0.05) is 38.8 Å². The van der Waals surface area contributed by atoms with E-state index >= 15 is 0 Å². The van der Waals surface area contributed by atoms with Crippen molar-refractivity contribution in [3.05, 3.63) is 194 Å². The average molecular weight is 656 g/mol. The number of phenols is 1. The molecule has 242 valence electrons. The zero-order valence-electron chi connectivity index (χ0n) is 27.8. The molecule has 0 aliphatic carbocycles. The molecule has 0 bridgehead atoms. The van der Waals surface area contributed by atoms with E-state index in [4.69, 9.17) is 4.42 Å². The maximum Gasteiger partial charge on any atom is 0.143 e. The van der Waals surface area contributed by atoms with Gasteiger partial charge >= 0.3 is 0 Å². The number of furan rings is 1. The van der Waals surface area contributed by atoms with Crippen molar-refractivity contribution in [2.45, 2.75) is 0 Å². The van der Waals surface area contributed by atoms with Gasteiger partial charge in [-0.05, 0) is 70.3 Å². The first-order chi connectivity index (χ1) is 25.2. The molecule has 1 heterocycles.